The van der Waals surface area contributed by atoms with Crippen molar-refractivity contribution >= 4 is 63.4 Å². The molecule has 0 aliphatic heterocycles. The second-order valence-corrected chi connectivity index (χ2v) is 8.09. The SMILES string of the molecule is CCNC(=NCC(=O)NC(C)(C)C)NCCC(=O)Nc1cc(Br)ccc1C.I. The number of hydrogen-bond acceptors (Lipinski definition) is 3. The van der Waals surface area contributed by atoms with Crippen LogP contribution in [0.5, 0.6) is 0 Å². The van der Waals surface area contributed by atoms with Gasteiger partial charge in [-0.2, -0.15) is 0 Å². The van der Waals surface area contributed by atoms with E-state index in [2.05, 4.69) is 42.2 Å². The molecule has 2 amide bonds. The first-order valence-electron chi connectivity index (χ1n) is 9.00. The number of aliphatic imine (C=N–C) groups is 1. The standard InChI is InChI=1S/C19H30BrN5O2.HI/c1-6-21-18(23-12-17(27)25-19(3,4)5)22-10-9-16(26)24-15-11-14(20)8-7-13(15)2;/h7-8,11H,6,9-10,12H2,1-5H3,(H,24,26)(H,25,27)(H2,21,22,23);1H. The largest absolute Gasteiger partial charge is 0.357 e. The molecule has 0 atom stereocenters. The van der Waals surface area contributed by atoms with E-state index < -0.39 is 0 Å². The maximum Gasteiger partial charge on any atom is 0.242 e. The van der Waals surface area contributed by atoms with Gasteiger partial charge in [0.2, 0.25) is 11.8 Å². The summed E-state index contributed by atoms with van der Waals surface area (Å²) >= 11 is 3.40. The number of rotatable bonds is 7. The summed E-state index contributed by atoms with van der Waals surface area (Å²) in [5.74, 6) is 0.264. The lowest BCUT2D eigenvalue weighted by molar-refractivity contribution is -0.121. The van der Waals surface area contributed by atoms with Gasteiger partial charge >= 0.3 is 0 Å². The summed E-state index contributed by atoms with van der Waals surface area (Å²) in [6.45, 7) is 10.7. The molecule has 4 N–H and O–H groups in total. The van der Waals surface area contributed by atoms with Crippen molar-refractivity contribution in [1.82, 2.24) is 16.0 Å². The Morgan fingerprint density at radius 1 is 1.14 bits per heavy atom. The zero-order valence-corrected chi connectivity index (χ0v) is 21.0. The van der Waals surface area contributed by atoms with Crippen LogP contribution in [0, 0.1) is 6.92 Å². The first-order chi connectivity index (χ1) is 12.6. The van der Waals surface area contributed by atoms with Gasteiger partial charge in [-0.15, -0.1) is 24.0 Å². The molecule has 0 aromatic heterocycles. The predicted molar refractivity (Wildman–Crippen MR) is 129 cm³/mol. The number of hydrogen-bond donors (Lipinski definition) is 4. The number of nitrogens with zero attached hydrogens (tertiary/aromatic N) is 1. The van der Waals surface area contributed by atoms with Gasteiger partial charge in [0.15, 0.2) is 5.96 Å². The molecular formula is C19H31BrIN5O2. The third kappa shape index (κ3) is 11.5. The van der Waals surface area contributed by atoms with Gasteiger partial charge in [-0.3, -0.25) is 9.59 Å². The number of aryl methyl sites for hydroxylation is 1. The van der Waals surface area contributed by atoms with Crippen LogP contribution in [0.3, 0.4) is 0 Å². The molecular weight excluding hydrogens is 537 g/mol. The fourth-order valence-corrected chi connectivity index (χ4v) is 2.55. The molecule has 0 fully saturated rings. The molecule has 0 saturated carbocycles. The van der Waals surface area contributed by atoms with Crippen molar-refractivity contribution in [2.75, 3.05) is 25.0 Å². The Morgan fingerprint density at radius 3 is 2.43 bits per heavy atom. The smallest absolute Gasteiger partial charge is 0.242 e. The number of benzene rings is 1. The number of nitrogens with one attached hydrogen (secondary N) is 4. The minimum atomic E-state index is -0.291. The van der Waals surface area contributed by atoms with E-state index in [1.165, 1.54) is 0 Å². The van der Waals surface area contributed by atoms with Crippen LogP contribution < -0.4 is 21.3 Å². The lowest BCUT2D eigenvalue weighted by Crippen LogP contribution is -2.43. The fourth-order valence-electron chi connectivity index (χ4n) is 2.19. The summed E-state index contributed by atoms with van der Waals surface area (Å²) in [5, 5.41) is 11.9. The van der Waals surface area contributed by atoms with Crippen molar-refractivity contribution in [1.29, 1.82) is 0 Å². The quantitative estimate of drug-likeness (QED) is 0.231. The van der Waals surface area contributed by atoms with Gasteiger partial charge in [0.05, 0.1) is 0 Å². The number of guanidine groups is 1. The molecule has 1 aromatic carbocycles. The minimum absolute atomic E-state index is 0. The van der Waals surface area contributed by atoms with E-state index >= 15 is 0 Å². The van der Waals surface area contributed by atoms with Crippen molar-refractivity contribution < 1.29 is 9.59 Å². The highest BCUT2D eigenvalue weighted by Crippen LogP contribution is 2.20. The number of carbonyl (C=O) groups is 2. The maximum absolute atomic E-state index is 12.1. The van der Waals surface area contributed by atoms with Gasteiger partial charge in [0.1, 0.15) is 6.54 Å². The van der Waals surface area contributed by atoms with Crippen LogP contribution in [0.25, 0.3) is 0 Å². The highest BCUT2D eigenvalue weighted by molar-refractivity contribution is 14.0. The molecule has 0 spiro atoms. The maximum atomic E-state index is 12.1. The Kier molecular flexibility index (Phi) is 12.3. The Bertz CT molecular complexity index is 689. The molecule has 158 valence electrons. The van der Waals surface area contributed by atoms with Gasteiger partial charge in [-0.25, -0.2) is 4.99 Å². The normalized spacial score (nSPS) is 11.3. The first kappa shape index (κ1) is 26.6. The minimum Gasteiger partial charge on any atom is -0.357 e. The molecule has 0 radical (unpaired) electrons. The Labute approximate surface area is 193 Å². The molecule has 28 heavy (non-hydrogen) atoms. The summed E-state index contributed by atoms with van der Waals surface area (Å²) in [7, 11) is 0. The van der Waals surface area contributed by atoms with Crippen LogP contribution in [-0.2, 0) is 9.59 Å². The monoisotopic (exact) mass is 567 g/mol. The second-order valence-electron chi connectivity index (χ2n) is 7.18. The Morgan fingerprint density at radius 2 is 1.82 bits per heavy atom. The van der Waals surface area contributed by atoms with Gasteiger partial charge in [-0.05, 0) is 52.3 Å². The molecule has 0 unspecified atom stereocenters. The predicted octanol–water partition coefficient (Wildman–Crippen LogP) is 3.17. The molecule has 0 saturated heterocycles. The van der Waals surface area contributed by atoms with Crippen molar-refractivity contribution in [3.63, 3.8) is 0 Å². The fraction of sp³-hybridized carbons (Fsp3) is 0.526. The van der Waals surface area contributed by atoms with Gasteiger partial charge in [-0.1, -0.05) is 22.0 Å². The van der Waals surface area contributed by atoms with E-state index in [4.69, 9.17) is 0 Å². The summed E-state index contributed by atoms with van der Waals surface area (Å²) < 4.78 is 0.914. The van der Waals surface area contributed by atoms with Crippen LogP contribution in [-0.4, -0.2) is 42.9 Å². The number of carbonyl (C=O) groups excluding carboxylic acids is 2. The van der Waals surface area contributed by atoms with Crippen LogP contribution >= 0.6 is 39.9 Å². The zero-order chi connectivity index (χ0) is 20.4. The lowest BCUT2D eigenvalue weighted by Gasteiger charge is -2.20. The summed E-state index contributed by atoms with van der Waals surface area (Å²) in [5.41, 5.74) is 1.49. The Balaban J connectivity index is 0.00000729. The zero-order valence-electron chi connectivity index (χ0n) is 17.1. The summed E-state index contributed by atoms with van der Waals surface area (Å²) in [6, 6.07) is 5.75. The molecule has 1 rings (SSSR count). The molecule has 9 heteroatoms. The average molecular weight is 568 g/mol. The number of anilines is 1. The molecule has 1 aromatic rings. The first-order valence-corrected chi connectivity index (χ1v) is 9.79. The van der Waals surface area contributed by atoms with E-state index in [1.54, 1.807) is 0 Å². The van der Waals surface area contributed by atoms with Gasteiger partial charge < -0.3 is 21.3 Å². The van der Waals surface area contributed by atoms with Gasteiger partial charge in [0.25, 0.3) is 0 Å². The van der Waals surface area contributed by atoms with E-state index in [1.807, 2.05) is 52.8 Å². The topological polar surface area (TPSA) is 94.6 Å². The van der Waals surface area contributed by atoms with E-state index in [9.17, 15) is 9.59 Å². The van der Waals surface area contributed by atoms with Crippen molar-refractivity contribution in [2.45, 2.75) is 46.6 Å². The number of amides is 2. The highest BCUT2D eigenvalue weighted by Gasteiger charge is 2.13. The van der Waals surface area contributed by atoms with Crippen LogP contribution in [0.2, 0.25) is 0 Å². The van der Waals surface area contributed by atoms with Crippen LogP contribution in [0.15, 0.2) is 27.7 Å². The van der Waals surface area contributed by atoms with E-state index in [-0.39, 0.29) is 54.3 Å². The third-order valence-electron chi connectivity index (χ3n) is 3.36. The van der Waals surface area contributed by atoms with E-state index in [0.717, 1.165) is 15.7 Å². The van der Waals surface area contributed by atoms with Crippen LogP contribution in [0.1, 0.15) is 39.7 Å². The third-order valence-corrected chi connectivity index (χ3v) is 3.85. The molecule has 7 nitrogen and oxygen atoms in total. The molecule has 0 heterocycles. The van der Waals surface area contributed by atoms with Crippen molar-refractivity contribution in [3.8, 4) is 0 Å². The average Bonchev–Trinajstić information content (AvgIpc) is 2.54. The lowest BCUT2D eigenvalue weighted by atomic mass is 10.1. The van der Waals surface area contributed by atoms with Crippen molar-refractivity contribution in [2.24, 2.45) is 4.99 Å². The molecule has 0 aliphatic carbocycles. The highest BCUT2D eigenvalue weighted by atomic mass is 127. The Hall–Kier alpha value is -1.36. The molecule has 0 aliphatic rings. The second kappa shape index (κ2) is 13.0. The van der Waals surface area contributed by atoms with Gasteiger partial charge in [0, 0.05) is 35.2 Å². The summed E-state index contributed by atoms with van der Waals surface area (Å²) in [4.78, 5) is 28.3. The van der Waals surface area contributed by atoms with E-state index in [0.29, 0.717) is 19.0 Å². The van der Waals surface area contributed by atoms with Crippen molar-refractivity contribution in [3.05, 3.63) is 28.2 Å². The molecule has 0 bridgehead atoms. The summed E-state index contributed by atoms with van der Waals surface area (Å²) in [6.07, 6.45) is 0.282. The number of halogens is 2. The van der Waals surface area contributed by atoms with Crippen LogP contribution in [0.4, 0.5) is 5.69 Å².